The average molecular weight is 496 g/mol. The maximum atomic E-state index is 14.0. The fourth-order valence-electron chi connectivity index (χ4n) is 4.23. The third kappa shape index (κ3) is 4.90. The molecule has 0 aliphatic carbocycles. The Bertz CT molecular complexity index is 1540. The van der Waals surface area contributed by atoms with Gasteiger partial charge < -0.3 is 4.74 Å². The van der Waals surface area contributed by atoms with Crippen molar-refractivity contribution in [2.75, 3.05) is 12.9 Å². The summed E-state index contributed by atoms with van der Waals surface area (Å²) in [5, 5.41) is 8.98. The number of thioether (sulfide) groups is 1. The van der Waals surface area contributed by atoms with E-state index in [0.717, 1.165) is 49.6 Å². The molecule has 36 heavy (non-hydrogen) atoms. The first-order valence-corrected chi connectivity index (χ1v) is 12.7. The molecule has 5 rings (SSSR count). The Hall–Kier alpha value is -3.90. The number of rotatable bonds is 7. The van der Waals surface area contributed by atoms with Crippen LogP contribution in [0.4, 0.5) is 4.39 Å². The Morgan fingerprint density at radius 2 is 1.67 bits per heavy atom. The van der Waals surface area contributed by atoms with E-state index in [-0.39, 0.29) is 5.82 Å². The highest BCUT2D eigenvalue weighted by molar-refractivity contribution is 7.99. The number of methoxy groups -OCH3 is 1. The number of benzene rings is 4. The van der Waals surface area contributed by atoms with E-state index < -0.39 is 0 Å². The first kappa shape index (κ1) is 23.8. The first-order valence-electron chi connectivity index (χ1n) is 11.7. The highest BCUT2D eigenvalue weighted by Gasteiger charge is 2.20. The third-order valence-corrected chi connectivity index (χ3v) is 7.17. The monoisotopic (exact) mass is 495 g/mol. The van der Waals surface area contributed by atoms with E-state index in [9.17, 15) is 4.39 Å². The number of aromatic nitrogens is 3. The number of halogens is 1. The molecule has 1 heterocycles. The molecule has 0 saturated heterocycles. The standard InChI is InChI=1S/C30H26FN3OS/c1-20-8-9-21(2)26(18-20)27(19-36-25-16-14-24(35-3)15-17-25)30(22-10-12-23(31)13-11-22)34-29-7-5-4-6-28(29)32-33-34/h4-18H,19H2,1-3H3/b30-27+. The van der Waals surface area contributed by atoms with Crippen LogP contribution in [0.2, 0.25) is 0 Å². The van der Waals surface area contributed by atoms with E-state index in [1.165, 1.54) is 17.7 Å². The van der Waals surface area contributed by atoms with Gasteiger partial charge in [-0.2, -0.15) is 0 Å². The molecule has 0 bridgehead atoms. The maximum absolute atomic E-state index is 14.0. The van der Waals surface area contributed by atoms with Gasteiger partial charge in [0.2, 0.25) is 0 Å². The summed E-state index contributed by atoms with van der Waals surface area (Å²) in [7, 11) is 1.67. The normalized spacial score (nSPS) is 12.0. The van der Waals surface area contributed by atoms with Gasteiger partial charge in [0.15, 0.2) is 0 Å². The Balaban J connectivity index is 1.75. The molecule has 0 amide bonds. The van der Waals surface area contributed by atoms with Crippen LogP contribution in [0.3, 0.4) is 0 Å². The van der Waals surface area contributed by atoms with Crippen LogP contribution < -0.4 is 4.74 Å². The van der Waals surface area contributed by atoms with E-state index >= 15 is 0 Å². The van der Waals surface area contributed by atoms with Gasteiger partial charge in [0.25, 0.3) is 0 Å². The Morgan fingerprint density at radius 1 is 0.917 bits per heavy atom. The summed E-state index contributed by atoms with van der Waals surface area (Å²) < 4.78 is 21.2. The quantitative estimate of drug-likeness (QED) is 0.174. The van der Waals surface area contributed by atoms with E-state index in [1.807, 2.05) is 53.2 Å². The highest BCUT2D eigenvalue weighted by atomic mass is 32.2. The molecule has 0 atom stereocenters. The van der Waals surface area contributed by atoms with Gasteiger partial charge >= 0.3 is 0 Å². The zero-order chi connectivity index (χ0) is 25.1. The van der Waals surface area contributed by atoms with Gasteiger partial charge in [-0.15, -0.1) is 16.9 Å². The molecule has 0 unspecified atom stereocenters. The average Bonchev–Trinajstić information content (AvgIpc) is 3.33. The van der Waals surface area contributed by atoms with Gasteiger partial charge in [-0.05, 0) is 91.2 Å². The third-order valence-electron chi connectivity index (χ3n) is 6.13. The van der Waals surface area contributed by atoms with Crippen molar-refractivity contribution in [3.63, 3.8) is 0 Å². The molecule has 4 aromatic carbocycles. The van der Waals surface area contributed by atoms with Crippen LogP contribution in [-0.4, -0.2) is 27.9 Å². The summed E-state index contributed by atoms with van der Waals surface area (Å²) in [5.41, 5.74) is 8.03. The van der Waals surface area contributed by atoms with Crippen LogP contribution in [0.25, 0.3) is 22.3 Å². The lowest BCUT2D eigenvalue weighted by molar-refractivity contribution is 0.414. The summed E-state index contributed by atoms with van der Waals surface area (Å²) in [6, 6.07) is 29.0. The largest absolute Gasteiger partial charge is 0.497 e. The molecule has 0 fully saturated rings. The van der Waals surface area contributed by atoms with Crippen LogP contribution >= 0.6 is 11.8 Å². The highest BCUT2D eigenvalue weighted by Crippen LogP contribution is 2.36. The molecule has 5 aromatic rings. The van der Waals surface area contributed by atoms with Gasteiger partial charge in [0.1, 0.15) is 17.1 Å². The number of aryl methyl sites for hydroxylation is 2. The van der Waals surface area contributed by atoms with E-state index in [0.29, 0.717) is 5.75 Å². The first-order chi connectivity index (χ1) is 17.5. The Kier molecular flexibility index (Phi) is 6.87. The minimum atomic E-state index is -0.276. The molecule has 6 heteroatoms. The predicted molar refractivity (Wildman–Crippen MR) is 146 cm³/mol. The fraction of sp³-hybridized carbons (Fsp3) is 0.133. The van der Waals surface area contributed by atoms with Crippen molar-refractivity contribution >= 4 is 34.1 Å². The zero-order valence-corrected chi connectivity index (χ0v) is 21.2. The second-order valence-corrected chi connectivity index (χ2v) is 9.66. The Morgan fingerprint density at radius 3 is 2.42 bits per heavy atom. The molecular weight excluding hydrogens is 469 g/mol. The summed E-state index contributed by atoms with van der Waals surface area (Å²) >= 11 is 1.74. The molecule has 180 valence electrons. The lowest BCUT2D eigenvalue weighted by atomic mass is 9.95. The molecule has 0 radical (unpaired) electrons. The minimum Gasteiger partial charge on any atom is -0.497 e. The van der Waals surface area contributed by atoms with Gasteiger partial charge in [-0.1, -0.05) is 41.1 Å². The number of nitrogens with zero attached hydrogens (tertiary/aromatic N) is 3. The van der Waals surface area contributed by atoms with Crippen LogP contribution in [0.1, 0.15) is 22.3 Å². The maximum Gasteiger partial charge on any atom is 0.123 e. The molecule has 0 aliphatic rings. The van der Waals surface area contributed by atoms with Crippen molar-refractivity contribution in [2.24, 2.45) is 0 Å². The van der Waals surface area contributed by atoms with Gasteiger partial charge in [-0.25, -0.2) is 9.07 Å². The van der Waals surface area contributed by atoms with Crippen LogP contribution in [0.15, 0.2) is 95.9 Å². The summed E-state index contributed by atoms with van der Waals surface area (Å²) in [6.45, 7) is 4.22. The van der Waals surface area contributed by atoms with Crippen molar-refractivity contribution in [1.29, 1.82) is 0 Å². The van der Waals surface area contributed by atoms with Crippen molar-refractivity contribution in [3.05, 3.63) is 119 Å². The molecule has 0 saturated carbocycles. The van der Waals surface area contributed by atoms with Gasteiger partial charge in [-0.3, -0.25) is 0 Å². The van der Waals surface area contributed by atoms with E-state index in [4.69, 9.17) is 4.74 Å². The van der Waals surface area contributed by atoms with Crippen LogP contribution in [-0.2, 0) is 0 Å². The van der Waals surface area contributed by atoms with Crippen molar-refractivity contribution < 1.29 is 9.13 Å². The van der Waals surface area contributed by atoms with E-state index in [1.54, 1.807) is 18.9 Å². The topological polar surface area (TPSA) is 39.9 Å². The summed E-state index contributed by atoms with van der Waals surface area (Å²) in [5.74, 6) is 1.23. The van der Waals surface area contributed by atoms with Gasteiger partial charge in [0.05, 0.1) is 18.3 Å². The Labute approximate surface area is 214 Å². The molecule has 1 aromatic heterocycles. The number of fused-ring (bicyclic) bond motifs is 1. The smallest absolute Gasteiger partial charge is 0.123 e. The van der Waals surface area contributed by atoms with Crippen LogP contribution in [0.5, 0.6) is 5.75 Å². The van der Waals surface area contributed by atoms with E-state index in [2.05, 4.69) is 54.5 Å². The molecule has 0 spiro atoms. The van der Waals surface area contributed by atoms with Crippen molar-refractivity contribution in [2.45, 2.75) is 18.7 Å². The van der Waals surface area contributed by atoms with Crippen molar-refractivity contribution in [3.8, 4) is 5.75 Å². The van der Waals surface area contributed by atoms with Crippen molar-refractivity contribution in [1.82, 2.24) is 15.0 Å². The zero-order valence-electron chi connectivity index (χ0n) is 20.4. The molecule has 0 aliphatic heterocycles. The minimum absolute atomic E-state index is 0.276. The number of hydrogen-bond donors (Lipinski definition) is 0. The fourth-order valence-corrected chi connectivity index (χ4v) is 5.16. The SMILES string of the molecule is COc1ccc(SC/C(=C(/c2ccc(F)cc2)n2nnc3ccccc32)c2cc(C)ccc2C)cc1. The molecule has 0 N–H and O–H groups in total. The lowest BCUT2D eigenvalue weighted by Gasteiger charge is -2.19. The molecular formula is C30H26FN3OS. The summed E-state index contributed by atoms with van der Waals surface area (Å²) in [6.07, 6.45) is 0. The summed E-state index contributed by atoms with van der Waals surface area (Å²) in [4.78, 5) is 1.13. The molecule has 4 nitrogen and oxygen atoms in total. The number of ether oxygens (including phenoxy) is 1. The van der Waals surface area contributed by atoms with Gasteiger partial charge in [0, 0.05) is 16.2 Å². The second-order valence-electron chi connectivity index (χ2n) is 8.61. The number of para-hydroxylation sites is 1. The predicted octanol–water partition coefficient (Wildman–Crippen LogP) is 7.40. The second kappa shape index (κ2) is 10.4. The lowest BCUT2D eigenvalue weighted by Crippen LogP contribution is -2.08. The van der Waals surface area contributed by atoms with Crippen LogP contribution in [0, 0.1) is 19.7 Å². The number of hydrogen-bond acceptors (Lipinski definition) is 4.